The van der Waals surface area contributed by atoms with Gasteiger partial charge < -0.3 is 19.9 Å². The third kappa shape index (κ3) is 4.07. The minimum atomic E-state index is -0.675. The molecule has 0 bridgehead atoms. The highest BCUT2D eigenvalue weighted by Crippen LogP contribution is 2.40. The first kappa shape index (κ1) is 19.6. The summed E-state index contributed by atoms with van der Waals surface area (Å²) >= 11 is 0. The summed E-state index contributed by atoms with van der Waals surface area (Å²) < 4.78 is 10.5. The Morgan fingerprint density at radius 1 is 1.00 bits per heavy atom. The Hall–Kier alpha value is -2.76. The van der Waals surface area contributed by atoms with Gasteiger partial charge in [-0.25, -0.2) is 9.59 Å². The Morgan fingerprint density at radius 3 is 1.96 bits per heavy atom. The Labute approximate surface area is 153 Å². The van der Waals surface area contributed by atoms with Crippen LogP contribution in [0.4, 0.5) is 0 Å². The van der Waals surface area contributed by atoms with Gasteiger partial charge in [0, 0.05) is 11.4 Å². The number of hydrogen-bond acceptors (Lipinski definition) is 6. The van der Waals surface area contributed by atoms with Crippen LogP contribution in [0.25, 0.3) is 0 Å². The molecule has 0 fully saturated rings. The van der Waals surface area contributed by atoms with E-state index < -0.39 is 23.5 Å². The van der Waals surface area contributed by atoms with Crippen molar-refractivity contribution in [3.8, 4) is 5.75 Å². The van der Waals surface area contributed by atoms with Crippen LogP contribution in [0.5, 0.6) is 5.75 Å². The second-order valence-corrected chi connectivity index (χ2v) is 7.22. The number of phenols is 1. The maximum Gasteiger partial charge on any atom is 0.337 e. The van der Waals surface area contributed by atoms with Crippen molar-refractivity contribution in [2.24, 2.45) is 0 Å². The Kier molecular flexibility index (Phi) is 5.44. The largest absolute Gasteiger partial charge is 0.508 e. The van der Waals surface area contributed by atoms with Crippen molar-refractivity contribution < 1.29 is 24.2 Å². The van der Waals surface area contributed by atoms with E-state index in [0.29, 0.717) is 28.1 Å². The lowest BCUT2D eigenvalue weighted by Gasteiger charge is -2.32. The van der Waals surface area contributed by atoms with E-state index in [4.69, 9.17) is 9.47 Å². The molecule has 1 aliphatic heterocycles. The number of phenolic OH excluding ortho intramolecular Hbond substituents is 1. The van der Waals surface area contributed by atoms with Gasteiger partial charge in [0.25, 0.3) is 0 Å². The monoisotopic (exact) mass is 359 g/mol. The number of methoxy groups -OCH3 is 1. The topological polar surface area (TPSA) is 84.9 Å². The van der Waals surface area contributed by atoms with Crippen LogP contribution in [0.1, 0.15) is 46.1 Å². The Balaban J connectivity index is 2.63. The summed E-state index contributed by atoms with van der Waals surface area (Å²) in [5.41, 5.74) is 1.92. The Bertz CT molecular complexity index is 781. The van der Waals surface area contributed by atoms with E-state index in [1.54, 1.807) is 46.8 Å². The summed E-state index contributed by atoms with van der Waals surface area (Å²) in [5, 5.41) is 12.7. The van der Waals surface area contributed by atoms with Gasteiger partial charge in [0.1, 0.15) is 11.4 Å². The van der Waals surface area contributed by atoms with Crippen LogP contribution in [-0.2, 0) is 19.1 Å². The molecule has 2 N–H and O–H groups in total. The van der Waals surface area contributed by atoms with Crippen molar-refractivity contribution in [2.75, 3.05) is 7.11 Å². The highest BCUT2D eigenvalue weighted by atomic mass is 16.6. The van der Waals surface area contributed by atoms with Crippen molar-refractivity contribution in [2.45, 2.75) is 46.1 Å². The molecule has 1 aliphatic rings. The predicted octanol–water partition coefficient (Wildman–Crippen LogP) is 3.14. The van der Waals surface area contributed by atoms with Gasteiger partial charge in [-0.1, -0.05) is 12.1 Å². The Morgan fingerprint density at radius 2 is 1.50 bits per heavy atom. The number of allylic oxidation sites excluding steroid dienone is 2. The maximum absolute atomic E-state index is 12.9. The fourth-order valence-electron chi connectivity index (χ4n) is 2.98. The van der Waals surface area contributed by atoms with E-state index in [9.17, 15) is 14.7 Å². The molecule has 6 nitrogen and oxygen atoms in total. The summed E-state index contributed by atoms with van der Waals surface area (Å²) in [6.07, 6.45) is 0. The molecule has 26 heavy (non-hydrogen) atoms. The van der Waals surface area contributed by atoms with Gasteiger partial charge in [-0.05, 0) is 52.3 Å². The number of hydrogen-bond donors (Lipinski definition) is 2. The quantitative estimate of drug-likeness (QED) is 0.807. The molecule has 0 saturated carbocycles. The first-order valence-electron chi connectivity index (χ1n) is 8.34. The zero-order valence-corrected chi connectivity index (χ0v) is 16.0. The van der Waals surface area contributed by atoms with Crippen LogP contribution in [0, 0.1) is 0 Å². The summed E-state index contributed by atoms with van der Waals surface area (Å²) in [6, 6.07) is 6.39. The zero-order valence-electron chi connectivity index (χ0n) is 16.0. The van der Waals surface area contributed by atoms with Crippen molar-refractivity contribution in [3.63, 3.8) is 0 Å². The highest BCUT2D eigenvalue weighted by Gasteiger charge is 2.38. The normalized spacial score (nSPS) is 17.7. The minimum absolute atomic E-state index is 0.0996. The molecule has 1 unspecified atom stereocenters. The number of benzene rings is 1. The first-order valence-corrected chi connectivity index (χ1v) is 8.34. The molecule has 0 saturated heterocycles. The fourth-order valence-corrected chi connectivity index (χ4v) is 2.98. The average Bonchev–Trinajstić information content (AvgIpc) is 2.52. The maximum atomic E-state index is 12.9. The SMILES string of the molecule is COC(=O)C1=C(C)NC(C)=C(C(=O)OC(C)(C)C)C1c1ccc(O)cc1. The number of rotatable bonds is 3. The smallest absolute Gasteiger partial charge is 0.337 e. The molecule has 140 valence electrons. The lowest BCUT2D eigenvalue weighted by Crippen LogP contribution is -2.34. The van der Waals surface area contributed by atoms with Gasteiger partial charge in [-0.3, -0.25) is 0 Å². The highest BCUT2D eigenvalue weighted by molar-refractivity contribution is 6.00. The minimum Gasteiger partial charge on any atom is -0.508 e. The van der Waals surface area contributed by atoms with Gasteiger partial charge in [0.2, 0.25) is 0 Å². The van der Waals surface area contributed by atoms with Crippen LogP contribution in [0.2, 0.25) is 0 Å². The van der Waals surface area contributed by atoms with E-state index in [1.165, 1.54) is 19.2 Å². The third-order valence-corrected chi connectivity index (χ3v) is 4.01. The van der Waals surface area contributed by atoms with E-state index in [-0.39, 0.29) is 5.75 Å². The van der Waals surface area contributed by atoms with Gasteiger partial charge in [-0.15, -0.1) is 0 Å². The molecular formula is C20H25NO5. The van der Waals surface area contributed by atoms with E-state index in [1.807, 2.05) is 0 Å². The average molecular weight is 359 g/mol. The summed E-state index contributed by atoms with van der Waals surface area (Å²) in [4.78, 5) is 25.3. The number of carbonyl (C=O) groups is 2. The summed E-state index contributed by atoms with van der Waals surface area (Å²) in [5.74, 6) is -1.59. The molecule has 1 atom stereocenters. The first-order chi connectivity index (χ1) is 12.0. The summed E-state index contributed by atoms with van der Waals surface area (Å²) in [7, 11) is 1.30. The molecule has 0 aromatic heterocycles. The zero-order chi connectivity index (χ0) is 19.6. The standard InChI is InChI=1S/C20H25NO5/c1-11-15(18(23)25-6)17(13-7-9-14(22)10-8-13)16(12(2)21-11)19(24)26-20(3,4)5/h7-10,17,21-22H,1-6H3. The molecule has 1 heterocycles. The number of nitrogens with one attached hydrogen (secondary N) is 1. The van der Waals surface area contributed by atoms with Gasteiger partial charge in [0.15, 0.2) is 0 Å². The van der Waals surface area contributed by atoms with Crippen LogP contribution in [-0.4, -0.2) is 29.8 Å². The predicted molar refractivity (Wildman–Crippen MR) is 97.2 cm³/mol. The number of carbonyl (C=O) groups excluding carboxylic acids is 2. The van der Waals surface area contributed by atoms with E-state index >= 15 is 0 Å². The number of aromatic hydroxyl groups is 1. The fraction of sp³-hybridized carbons (Fsp3) is 0.400. The molecule has 0 amide bonds. The van der Waals surface area contributed by atoms with Crippen molar-refractivity contribution >= 4 is 11.9 Å². The number of dihydropyridines is 1. The lowest BCUT2D eigenvalue weighted by atomic mass is 9.80. The van der Waals surface area contributed by atoms with E-state index in [2.05, 4.69) is 5.32 Å². The van der Waals surface area contributed by atoms with E-state index in [0.717, 1.165) is 0 Å². The van der Waals surface area contributed by atoms with Gasteiger partial charge in [0.05, 0.1) is 24.2 Å². The molecule has 6 heteroatoms. The molecule has 1 aromatic rings. The third-order valence-electron chi connectivity index (χ3n) is 4.01. The van der Waals surface area contributed by atoms with Crippen molar-refractivity contribution in [1.82, 2.24) is 5.32 Å². The van der Waals surface area contributed by atoms with Crippen LogP contribution >= 0.6 is 0 Å². The van der Waals surface area contributed by atoms with Gasteiger partial charge in [-0.2, -0.15) is 0 Å². The molecule has 0 spiro atoms. The molecule has 2 rings (SSSR count). The van der Waals surface area contributed by atoms with Crippen molar-refractivity contribution in [1.29, 1.82) is 0 Å². The number of esters is 2. The molecule has 0 aliphatic carbocycles. The number of ether oxygens (including phenoxy) is 2. The van der Waals surface area contributed by atoms with Crippen molar-refractivity contribution in [3.05, 3.63) is 52.4 Å². The van der Waals surface area contributed by atoms with Crippen LogP contribution in [0.15, 0.2) is 46.8 Å². The summed E-state index contributed by atoms with van der Waals surface area (Å²) in [6.45, 7) is 8.89. The molecule has 1 aromatic carbocycles. The van der Waals surface area contributed by atoms with Gasteiger partial charge >= 0.3 is 11.9 Å². The molecular weight excluding hydrogens is 334 g/mol. The lowest BCUT2D eigenvalue weighted by molar-refractivity contribution is -0.150. The second kappa shape index (κ2) is 7.23. The molecule has 0 radical (unpaired) electrons. The van der Waals surface area contributed by atoms with Crippen LogP contribution in [0.3, 0.4) is 0 Å². The van der Waals surface area contributed by atoms with Crippen LogP contribution < -0.4 is 5.32 Å². The second-order valence-electron chi connectivity index (χ2n) is 7.22.